The number of anilines is 3. The van der Waals surface area contributed by atoms with Crippen LogP contribution in [0.3, 0.4) is 0 Å². The number of hydrogen-bond donors (Lipinski definition) is 2. The molecule has 4 rings (SSSR count). The quantitative estimate of drug-likeness (QED) is 0.428. The number of hydrogen-bond acceptors (Lipinski definition) is 5. The van der Waals surface area contributed by atoms with E-state index in [4.69, 9.17) is 9.72 Å². The van der Waals surface area contributed by atoms with Gasteiger partial charge in [-0.05, 0) is 36.4 Å². The number of carbonyl (C=O) groups excluding carboxylic acids is 1. The van der Waals surface area contributed by atoms with Gasteiger partial charge in [0.25, 0.3) is 5.91 Å². The van der Waals surface area contributed by atoms with Crippen molar-refractivity contribution >= 4 is 33.8 Å². The van der Waals surface area contributed by atoms with Crippen molar-refractivity contribution in [3.05, 3.63) is 89.8 Å². The lowest BCUT2D eigenvalue weighted by Gasteiger charge is -2.05. The number of rotatable bonds is 6. The molecule has 29 heavy (non-hydrogen) atoms. The summed E-state index contributed by atoms with van der Waals surface area (Å²) in [7, 11) is 1.63. The van der Waals surface area contributed by atoms with E-state index in [0.717, 1.165) is 22.7 Å². The lowest BCUT2D eigenvalue weighted by molar-refractivity contribution is 0.103. The van der Waals surface area contributed by atoms with Crippen LogP contribution in [-0.4, -0.2) is 18.0 Å². The number of methoxy groups -OCH3 is 1. The predicted molar refractivity (Wildman–Crippen MR) is 118 cm³/mol. The Morgan fingerprint density at radius 1 is 0.862 bits per heavy atom. The van der Waals surface area contributed by atoms with Crippen molar-refractivity contribution < 1.29 is 9.53 Å². The molecule has 0 radical (unpaired) electrons. The number of benzene rings is 3. The first-order valence-corrected chi connectivity index (χ1v) is 9.88. The van der Waals surface area contributed by atoms with E-state index in [0.29, 0.717) is 15.7 Å². The number of para-hydroxylation sites is 1. The van der Waals surface area contributed by atoms with Crippen molar-refractivity contribution in [1.82, 2.24) is 4.98 Å². The first kappa shape index (κ1) is 18.7. The van der Waals surface area contributed by atoms with Crippen molar-refractivity contribution in [1.29, 1.82) is 0 Å². The second-order valence-corrected chi connectivity index (χ2v) is 7.24. The Labute approximate surface area is 173 Å². The van der Waals surface area contributed by atoms with Crippen LogP contribution in [0.4, 0.5) is 16.5 Å². The average molecular weight is 401 g/mol. The molecule has 0 aliphatic carbocycles. The molecule has 0 unspecified atom stereocenters. The van der Waals surface area contributed by atoms with Gasteiger partial charge in [-0.3, -0.25) is 4.79 Å². The number of carbonyl (C=O) groups is 1. The summed E-state index contributed by atoms with van der Waals surface area (Å²) in [6.07, 6.45) is 0. The molecule has 6 heteroatoms. The Hall–Kier alpha value is -3.64. The van der Waals surface area contributed by atoms with Crippen LogP contribution in [0.1, 0.15) is 9.67 Å². The topological polar surface area (TPSA) is 63.2 Å². The van der Waals surface area contributed by atoms with Crippen LogP contribution in [0.5, 0.6) is 5.75 Å². The molecule has 1 amide bonds. The van der Waals surface area contributed by atoms with Gasteiger partial charge in [-0.25, -0.2) is 4.98 Å². The summed E-state index contributed by atoms with van der Waals surface area (Å²) in [6.45, 7) is 0. The van der Waals surface area contributed by atoms with E-state index in [1.807, 2.05) is 84.9 Å². The lowest BCUT2D eigenvalue weighted by Crippen LogP contribution is -2.11. The standard InChI is InChI=1S/C23H19N3O2S/c1-28-19-14-12-18(13-15-19)25-23-26-20(16-8-4-2-5-9-16)21(29-23)22(27)24-17-10-6-3-7-11-17/h2-15H,1H3,(H,24,27)(H,25,26). The molecular formula is C23H19N3O2S. The molecule has 144 valence electrons. The van der Waals surface area contributed by atoms with E-state index < -0.39 is 0 Å². The van der Waals surface area contributed by atoms with Gasteiger partial charge in [0, 0.05) is 16.9 Å². The maximum absolute atomic E-state index is 13.0. The van der Waals surface area contributed by atoms with Gasteiger partial charge in [0.1, 0.15) is 10.6 Å². The molecule has 0 bridgehead atoms. The average Bonchev–Trinajstić information content (AvgIpc) is 3.19. The smallest absolute Gasteiger partial charge is 0.268 e. The molecule has 4 aromatic rings. The molecule has 2 N–H and O–H groups in total. The van der Waals surface area contributed by atoms with Crippen molar-refractivity contribution in [3.63, 3.8) is 0 Å². The zero-order chi connectivity index (χ0) is 20.1. The third-order valence-electron chi connectivity index (χ3n) is 4.25. The Morgan fingerprint density at radius 3 is 2.17 bits per heavy atom. The van der Waals surface area contributed by atoms with Gasteiger partial charge in [-0.1, -0.05) is 59.9 Å². The van der Waals surface area contributed by atoms with Crippen molar-refractivity contribution in [3.8, 4) is 17.0 Å². The molecule has 0 spiro atoms. The SMILES string of the molecule is COc1ccc(Nc2nc(-c3ccccc3)c(C(=O)Nc3ccccc3)s2)cc1. The third kappa shape index (κ3) is 4.44. The van der Waals surface area contributed by atoms with E-state index in [9.17, 15) is 4.79 Å². The maximum atomic E-state index is 13.0. The van der Waals surface area contributed by atoms with Gasteiger partial charge < -0.3 is 15.4 Å². The number of amides is 1. The summed E-state index contributed by atoms with van der Waals surface area (Å²) < 4.78 is 5.19. The van der Waals surface area contributed by atoms with Gasteiger partial charge >= 0.3 is 0 Å². The first-order valence-electron chi connectivity index (χ1n) is 9.06. The zero-order valence-corrected chi connectivity index (χ0v) is 16.6. The minimum Gasteiger partial charge on any atom is -0.497 e. The molecule has 3 aromatic carbocycles. The Balaban J connectivity index is 1.66. The highest BCUT2D eigenvalue weighted by Gasteiger charge is 2.20. The molecule has 0 saturated heterocycles. The van der Waals surface area contributed by atoms with Crippen LogP contribution in [0, 0.1) is 0 Å². The fraction of sp³-hybridized carbons (Fsp3) is 0.0435. The highest BCUT2D eigenvalue weighted by atomic mass is 32.1. The highest BCUT2D eigenvalue weighted by molar-refractivity contribution is 7.18. The summed E-state index contributed by atoms with van der Waals surface area (Å²) in [5.74, 6) is 0.595. The molecule has 0 aliphatic heterocycles. The van der Waals surface area contributed by atoms with Crippen LogP contribution in [-0.2, 0) is 0 Å². The second-order valence-electron chi connectivity index (χ2n) is 6.24. The van der Waals surface area contributed by atoms with Crippen LogP contribution >= 0.6 is 11.3 Å². The monoisotopic (exact) mass is 401 g/mol. The number of nitrogens with zero attached hydrogens (tertiary/aromatic N) is 1. The number of aromatic nitrogens is 1. The molecule has 0 fully saturated rings. The molecule has 5 nitrogen and oxygen atoms in total. The Bertz CT molecular complexity index is 1090. The summed E-state index contributed by atoms with van der Waals surface area (Å²) in [5.41, 5.74) is 3.16. The van der Waals surface area contributed by atoms with Gasteiger partial charge in [0.2, 0.25) is 0 Å². The largest absolute Gasteiger partial charge is 0.497 e. The molecule has 0 atom stereocenters. The van der Waals surface area contributed by atoms with E-state index >= 15 is 0 Å². The van der Waals surface area contributed by atoms with Crippen LogP contribution in [0.2, 0.25) is 0 Å². The van der Waals surface area contributed by atoms with E-state index in [1.165, 1.54) is 11.3 Å². The van der Waals surface area contributed by atoms with E-state index in [2.05, 4.69) is 10.6 Å². The first-order chi connectivity index (χ1) is 14.2. The second kappa shape index (κ2) is 8.58. The highest BCUT2D eigenvalue weighted by Crippen LogP contribution is 2.33. The van der Waals surface area contributed by atoms with Crippen LogP contribution in [0.25, 0.3) is 11.3 Å². The Morgan fingerprint density at radius 2 is 1.52 bits per heavy atom. The summed E-state index contributed by atoms with van der Waals surface area (Å²) in [5, 5.41) is 6.87. The normalized spacial score (nSPS) is 10.4. The number of nitrogens with one attached hydrogen (secondary N) is 2. The molecule has 1 heterocycles. The van der Waals surface area contributed by atoms with Gasteiger partial charge in [0.15, 0.2) is 5.13 Å². The molecule has 1 aromatic heterocycles. The van der Waals surface area contributed by atoms with Gasteiger partial charge in [-0.15, -0.1) is 0 Å². The fourth-order valence-electron chi connectivity index (χ4n) is 2.83. The van der Waals surface area contributed by atoms with E-state index in [1.54, 1.807) is 7.11 Å². The van der Waals surface area contributed by atoms with Gasteiger partial charge in [0.05, 0.1) is 12.8 Å². The minimum absolute atomic E-state index is 0.185. The van der Waals surface area contributed by atoms with Crippen molar-refractivity contribution in [2.75, 3.05) is 17.7 Å². The maximum Gasteiger partial charge on any atom is 0.268 e. The molecule has 0 aliphatic rings. The number of thiazole rings is 1. The third-order valence-corrected chi connectivity index (χ3v) is 5.22. The fourth-order valence-corrected chi connectivity index (χ4v) is 3.73. The van der Waals surface area contributed by atoms with Crippen molar-refractivity contribution in [2.45, 2.75) is 0 Å². The van der Waals surface area contributed by atoms with Gasteiger partial charge in [-0.2, -0.15) is 0 Å². The summed E-state index contributed by atoms with van der Waals surface area (Å²) in [6, 6.07) is 26.7. The summed E-state index contributed by atoms with van der Waals surface area (Å²) in [4.78, 5) is 18.2. The van der Waals surface area contributed by atoms with Crippen LogP contribution in [0.15, 0.2) is 84.9 Å². The summed E-state index contributed by atoms with van der Waals surface area (Å²) >= 11 is 1.32. The lowest BCUT2D eigenvalue weighted by atomic mass is 10.1. The number of ether oxygens (including phenoxy) is 1. The van der Waals surface area contributed by atoms with E-state index in [-0.39, 0.29) is 5.91 Å². The predicted octanol–water partition coefficient (Wildman–Crippen LogP) is 5.81. The molecular weight excluding hydrogens is 382 g/mol. The Kier molecular flexibility index (Phi) is 5.54. The van der Waals surface area contributed by atoms with Crippen molar-refractivity contribution in [2.24, 2.45) is 0 Å². The molecule has 0 saturated carbocycles. The zero-order valence-electron chi connectivity index (χ0n) is 15.8. The minimum atomic E-state index is -0.185. The van der Waals surface area contributed by atoms with Crippen LogP contribution < -0.4 is 15.4 Å².